The van der Waals surface area contributed by atoms with Crippen LogP contribution >= 0.6 is 15.9 Å². The monoisotopic (exact) mass is 371 g/mol. The second kappa shape index (κ2) is 8.25. The van der Waals surface area contributed by atoms with Crippen LogP contribution in [-0.4, -0.2) is 6.61 Å². The van der Waals surface area contributed by atoms with Crippen LogP contribution in [0.15, 0.2) is 83.9 Å². The normalized spacial score (nSPS) is 10.9. The van der Waals surface area contributed by atoms with Gasteiger partial charge in [-0.1, -0.05) is 49.6 Å². The van der Waals surface area contributed by atoms with E-state index in [2.05, 4.69) is 29.1 Å². The molecule has 3 nitrogen and oxygen atoms in total. The fourth-order valence-corrected chi connectivity index (χ4v) is 2.28. The van der Waals surface area contributed by atoms with E-state index in [9.17, 15) is 0 Å². The van der Waals surface area contributed by atoms with Crippen LogP contribution in [-0.2, 0) is 0 Å². The van der Waals surface area contributed by atoms with Gasteiger partial charge in [0.25, 0.3) is 0 Å². The van der Waals surface area contributed by atoms with E-state index < -0.39 is 0 Å². The van der Waals surface area contributed by atoms with Crippen LogP contribution in [0.4, 0.5) is 5.69 Å². The van der Waals surface area contributed by atoms with Crippen LogP contribution < -0.4 is 15.2 Å². The molecule has 0 heterocycles. The average Bonchev–Trinajstić information content (AvgIpc) is 2.56. The van der Waals surface area contributed by atoms with Crippen molar-refractivity contribution in [3.63, 3.8) is 0 Å². The lowest BCUT2D eigenvalue weighted by Crippen LogP contribution is -2.03. The highest BCUT2D eigenvalue weighted by atomic mass is 79.9. The van der Waals surface area contributed by atoms with E-state index in [1.807, 2.05) is 42.5 Å². The summed E-state index contributed by atoms with van der Waals surface area (Å²) in [5.41, 5.74) is 7.48. The van der Waals surface area contributed by atoms with Gasteiger partial charge in [-0.25, -0.2) is 0 Å². The number of anilines is 1. The molecule has 0 bridgehead atoms. The maximum Gasteiger partial charge on any atom is 0.147 e. The van der Waals surface area contributed by atoms with Gasteiger partial charge in [0.2, 0.25) is 0 Å². The van der Waals surface area contributed by atoms with Crippen LogP contribution in [0.1, 0.15) is 0 Å². The summed E-state index contributed by atoms with van der Waals surface area (Å²) in [6.45, 7) is 7.76. The Morgan fingerprint density at radius 2 is 1.87 bits per heavy atom. The maximum atomic E-state index is 6.05. The van der Waals surface area contributed by atoms with Crippen molar-refractivity contribution >= 4 is 21.6 Å². The molecular weight excluding hydrogens is 354 g/mol. The van der Waals surface area contributed by atoms with Crippen LogP contribution in [0, 0.1) is 0 Å². The highest BCUT2D eigenvalue weighted by molar-refractivity contribution is 9.10. The van der Waals surface area contributed by atoms with Crippen LogP contribution in [0.3, 0.4) is 0 Å². The lowest BCUT2D eigenvalue weighted by molar-refractivity contribution is 0.355. The molecule has 0 unspecified atom stereocenters. The van der Waals surface area contributed by atoms with Gasteiger partial charge < -0.3 is 15.2 Å². The smallest absolute Gasteiger partial charge is 0.147 e. The molecule has 2 rings (SSSR count). The Labute approximate surface area is 144 Å². The van der Waals surface area contributed by atoms with Gasteiger partial charge in [-0.3, -0.25) is 0 Å². The van der Waals surface area contributed by atoms with Crippen molar-refractivity contribution in [1.82, 2.24) is 0 Å². The largest absolute Gasteiger partial charge is 0.487 e. The first-order valence-corrected chi connectivity index (χ1v) is 7.82. The van der Waals surface area contributed by atoms with Gasteiger partial charge in [-0.05, 0) is 39.7 Å². The Hall–Kier alpha value is -2.46. The van der Waals surface area contributed by atoms with Crippen molar-refractivity contribution in [3.05, 3.63) is 83.9 Å². The fraction of sp³-hybridized carbons (Fsp3) is 0.0526. The first-order chi connectivity index (χ1) is 11.1. The first kappa shape index (κ1) is 16.9. The lowest BCUT2D eigenvalue weighted by atomic mass is 10.2. The molecule has 0 saturated heterocycles. The molecule has 0 fully saturated rings. The third-order valence-corrected chi connectivity index (χ3v) is 3.69. The van der Waals surface area contributed by atoms with Gasteiger partial charge in [0.15, 0.2) is 0 Å². The molecule has 2 aromatic rings. The van der Waals surface area contributed by atoms with E-state index in [-0.39, 0.29) is 0 Å². The van der Waals surface area contributed by atoms with Crippen molar-refractivity contribution in [1.29, 1.82) is 0 Å². The summed E-state index contributed by atoms with van der Waals surface area (Å²) in [5.74, 6) is 1.93. The minimum absolute atomic E-state index is 0.348. The van der Waals surface area contributed by atoms with Crippen molar-refractivity contribution in [2.24, 2.45) is 0 Å². The number of ether oxygens (including phenoxy) is 2. The van der Waals surface area contributed by atoms with E-state index in [0.717, 1.165) is 11.3 Å². The fourth-order valence-electron chi connectivity index (χ4n) is 1.86. The predicted molar refractivity (Wildman–Crippen MR) is 99.0 cm³/mol. The van der Waals surface area contributed by atoms with Crippen molar-refractivity contribution < 1.29 is 9.47 Å². The molecule has 0 spiro atoms. The highest BCUT2D eigenvalue weighted by Gasteiger charge is 2.10. The van der Waals surface area contributed by atoms with Crippen molar-refractivity contribution in [3.8, 4) is 17.2 Å². The third kappa shape index (κ3) is 4.76. The quantitative estimate of drug-likeness (QED) is 0.516. The van der Waals surface area contributed by atoms with E-state index in [1.54, 1.807) is 18.2 Å². The number of nitrogens with two attached hydrogens (primary N) is 1. The van der Waals surface area contributed by atoms with Crippen LogP contribution in [0.25, 0.3) is 0 Å². The van der Waals surface area contributed by atoms with E-state index in [4.69, 9.17) is 15.2 Å². The maximum absolute atomic E-state index is 6.05. The van der Waals surface area contributed by atoms with E-state index in [0.29, 0.717) is 28.3 Å². The van der Waals surface area contributed by atoms with Gasteiger partial charge in [0.05, 0.1) is 5.69 Å². The highest BCUT2D eigenvalue weighted by Crippen LogP contribution is 2.36. The van der Waals surface area contributed by atoms with Gasteiger partial charge in [0, 0.05) is 10.5 Å². The average molecular weight is 372 g/mol. The topological polar surface area (TPSA) is 44.5 Å². The SMILES string of the molecule is C=C/C=C(\C=C)COc1cc(Oc2ccccc2)cc(Br)c1N. The minimum atomic E-state index is 0.348. The molecule has 0 aliphatic heterocycles. The zero-order valence-electron chi connectivity index (χ0n) is 12.7. The number of hydrogen-bond acceptors (Lipinski definition) is 3. The molecule has 0 saturated carbocycles. The summed E-state index contributed by atoms with van der Waals surface area (Å²) in [4.78, 5) is 0. The van der Waals surface area contributed by atoms with Gasteiger partial charge in [-0.15, -0.1) is 0 Å². The Bertz CT molecular complexity index is 724. The number of rotatable bonds is 7. The molecule has 118 valence electrons. The number of hydrogen-bond donors (Lipinski definition) is 1. The van der Waals surface area contributed by atoms with Crippen LogP contribution in [0.5, 0.6) is 17.2 Å². The number of para-hydroxylation sites is 1. The van der Waals surface area contributed by atoms with Crippen molar-refractivity contribution in [2.75, 3.05) is 12.3 Å². The Kier molecular flexibility index (Phi) is 6.06. The summed E-state index contributed by atoms with van der Waals surface area (Å²) < 4.78 is 12.3. The molecule has 2 N–H and O–H groups in total. The van der Waals surface area contributed by atoms with E-state index in [1.165, 1.54) is 0 Å². The predicted octanol–water partition coefficient (Wildman–Crippen LogP) is 5.50. The molecule has 0 atom stereocenters. The van der Waals surface area contributed by atoms with E-state index >= 15 is 0 Å². The molecule has 23 heavy (non-hydrogen) atoms. The minimum Gasteiger partial charge on any atom is -0.487 e. The standard InChI is InChI=1S/C19H18BrNO2/c1-3-8-14(4-2)13-22-18-12-16(11-17(20)19(18)21)23-15-9-6-5-7-10-15/h3-12H,1-2,13,21H2/b14-8+. The van der Waals surface area contributed by atoms with Gasteiger partial charge in [-0.2, -0.15) is 0 Å². The molecule has 4 heteroatoms. The Morgan fingerprint density at radius 3 is 2.52 bits per heavy atom. The molecule has 0 aromatic heterocycles. The summed E-state index contributed by atoms with van der Waals surface area (Å²) in [7, 11) is 0. The second-order valence-corrected chi connectivity index (χ2v) is 5.56. The number of allylic oxidation sites excluding steroid dienone is 2. The zero-order valence-corrected chi connectivity index (χ0v) is 14.3. The lowest BCUT2D eigenvalue weighted by Gasteiger charge is -2.13. The zero-order chi connectivity index (χ0) is 16.7. The third-order valence-electron chi connectivity index (χ3n) is 3.03. The molecule has 0 aliphatic carbocycles. The summed E-state index contributed by atoms with van der Waals surface area (Å²) in [6, 6.07) is 13.1. The Balaban J connectivity index is 2.20. The van der Waals surface area contributed by atoms with Gasteiger partial charge in [0.1, 0.15) is 23.9 Å². The van der Waals surface area contributed by atoms with Crippen molar-refractivity contribution in [2.45, 2.75) is 0 Å². The molecule has 0 aliphatic rings. The summed E-state index contributed by atoms with van der Waals surface area (Å²) >= 11 is 3.43. The first-order valence-electron chi connectivity index (χ1n) is 7.02. The number of nitrogen functional groups attached to an aromatic ring is 1. The van der Waals surface area contributed by atoms with Crippen LogP contribution in [0.2, 0.25) is 0 Å². The molecule has 2 aromatic carbocycles. The molecule has 0 radical (unpaired) electrons. The molecule has 0 amide bonds. The summed E-state index contributed by atoms with van der Waals surface area (Å²) in [5, 5.41) is 0. The number of benzene rings is 2. The molecular formula is C19H18BrNO2. The number of halogens is 1. The summed E-state index contributed by atoms with van der Waals surface area (Å²) in [6.07, 6.45) is 5.24. The van der Waals surface area contributed by atoms with Gasteiger partial charge >= 0.3 is 0 Å². The second-order valence-electron chi connectivity index (χ2n) is 4.70. The Morgan fingerprint density at radius 1 is 1.13 bits per heavy atom.